The summed E-state index contributed by atoms with van der Waals surface area (Å²) in [5.41, 5.74) is 2.24. The van der Waals surface area contributed by atoms with E-state index in [1.807, 2.05) is 43.3 Å². The van der Waals surface area contributed by atoms with E-state index in [1.165, 1.54) is 32.1 Å². The molecule has 0 aliphatic carbocycles. The Morgan fingerprint density at radius 1 is 0.714 bits per heavy atom. The van der Waals surface area contributed by atoms with Crippen molar-refractivity contribution >= 4 is 5.97 Å². The Morgan fingerprint density at radius 2 is 1.29 bits per heavy atom. The highest BCUT2D eigenvalue weighted by molar-refractivity contribution is 5.74. The van der Waals surface area contributed by atoms with Crippen LogP contribution in [0.2, 0.25) is 0 Å². The molecule has 2 atom stereocenters. The molecular weight excluding hydrogens is 440 g/mol. The van der Waals surface area contributed by atoms with Crippen molar-refractivity contribution in [3.8, 4) is 22.6 Å². The third-order valence-corrected chi connectivity index (χ3v) is 5.80. The van der Waals surface area contributed by atoms with E-state index in [-0.39, 0.29) is 18.7 Å². The van der Waals surface area contributed by atoms with Gasteiger partial charge in [-0.05, 0) is 62.1 Å². The maximum absolute atomic E-state index is 12.0. The van der Waals surface area contributed by atoms with Gasteiger partial charge in [0.25, 0.3) is 0 Å². The molecule has 2 aromatic carbocycles. The lowest BCUT2D eigenvalue weighted by molar-refractivity contribution is -0.158. The summed E-state index contributed by atoms with van der Waals surface area (Å²) in [6.07, 6.45) is 8.74. The van der Waals surface area contributed by atoms with Crippen LogP contribution in [0.3, 0.4) is 0 Å². The second kappa shape index (κ2) is 17.0. The number of rotatable bonds is 18. The molecule has 0 saturated carbocycles. The van der Waals surface area contributed by atoms with Gasteiger partial charge in [-0.1, -0.05) is 76.6 Å². The van der Waals surface area contributed by atoms with E-state index in [1.54, 1.807) is 6.92 Å². The smallest absolute Gasteiger partial charge is 0.335 e. The predicted octanol–water partition coefficient (Wildman–Crippen LogP) is 7.61. The molecule has 0 heterocycles. The standard InChI is InChI=1S/C30H44O5/c1-5-7-9-10-11-12-22-33-28-17-13-26(14-18-28)27-15-19-29(20-16-27)35-24(3)23-34-30(31)25(4)32-21-8-6-2/h13-20,24-25H,5-12,21-23H2,1-4H3/t24-,25+/m1/s1. The number of hydrogen-bond donors (Lipinski definition) is 0. The predicted molar refractivity (Wildman–Crippen MR) is 142 cm³/mol. The highest BCUT2D eigenvalue weighted by Gasteiger charge is 2.16. The number of benzene rings is 2. The second-order valence-corrected chi connectivity index (χ2v) is 9.09. The fourth-order valence-corrected chi connectivity index (χ4v) is 3.60. The van der Waals surface area contributed by atoms with Crippen molar-refractivity contribution in [2.75, 3.05) is 19.8 Å². The van der Waals surface area contributed by atoms with Crippen LogP contribution in [0.25, 0.3) is 11.1 Å². The van der Waals surface area contributed by atoms with E-state index in [2.05, 4.69) is 26.0 Å². The molecule has 0 N–H and O–H groups in total. The van der Waals surface area contributed by atoms with Crippen LogP contribution in [-0.4, -0.2) is 38.0 Å². The molecule has 0 aliphatic heterocycles. The number of ether oxygens (including phenoxy) is 4. The third kappa shape index (κ3) is 11.6. The molecule has 0 radical (unpaired) electrons. The molecule has 35 heavy (non-hydrogen) atoms. The summed E-state index contributed by atoms with van der Waals surface area (Å²) in [6.45, 7) is 9.45. The molecule has 2 rings (SSSR count). The number of hydrogen-bond acceptors (Lipinski definition) is 5. The van der Waals surface area contributed by atoms with Crippen LogP contribution >= 0.6 is 0 Å². The number of carbonyl (C=O) groups excluding carboxylic acids is 1. The molecule has 0 saturated heterocycles. The summed E-state index contributed by atoms with van der Waals surface area (Å²) in [7, 11) is 0. The zero-order chi connectivity index (χ0) is 25.3. The molecule has 2 aromatic rings. The molecule has 0 fully saturated rings. The van der Waals surface area contributed by atoms with Gasteiger partial charge in [0.1, 0.15) is 24.2 Å². The van der Waals surface area contributed by atoms with Gasteiger partial charge in [0.15, 0.2) is 6.10 Å². The second-order valence-electron chi connectivity index (χ2n) is 9.09. The summed E-state index contributed by atoms with van der Waals surface area (Å²) in [5.74, 6) is 1.30. The van der Waals surface area contributed by atoms with Crippen LogP contribution in [0.5, 0.6) is 11.5 Å². The van der Waals surface area contributed by atoms with E-state index in [4.69, 9.17) is 18.9 Å². The molecule has 0 aromatic heterocycles. The minimum atomic E-state index is -0.555. The van der Waals surface area contributed by atoms with E-state index >= 15 is 0 Å². The van der Waals surface area contributed by atoms with Gasteiger partial charge in [-0.25, -0.2) is 4.79 Å². The van der Waals surface area contributed by atoms with E-state index in [9.17, 15) is 4.79 Å². The van der Waals surface area contributed by atoms with Gasteiger partial charge in [0, 0.05) is 6.61 Å². The quantitative estimate of drug-likeness (QED) is 0.161. The van der Waals surface area contributed by atoms with Crippen molar-refractivity contribution in [2.45, 2.75) is 91.3 Å². The first kappa shape index (κ1) is 28.7. The van der Waals surface area contributed by atoms with E-state index in [0.717, 1.165) is 48.5 Å². The van der Waals surface area contributed by atoms with Gasteiger partial charge >= 0.3 is 5.97 Å². The van der Waals surface area contributed by atoms with Gasteiger partial charge < -0.3 is 18.9 Å². The fraction of sp³-hybridized carbons (Fsp3) is 0.567. The molecule has 5 heteroatoms. The first-order chi connectivity index (χ1) is 17.0. The molecule has 194 valence electrons. The van der Waals surface area contributed by atoms with E-state index in [0.29, 0.717) is 6.61 Å². The Bertz CT molecular complexity index is 816. The Kier molecular flexibility index (Phi) is 13.9. The molecule has 5 nitrogen and oxygen atoms in total. The van der Waals surface area contributed by atoms with Crippen molar-refractivity contribution in [2.24, 2.45) is 0 Å². The third-order valence-electron chi connectivity index (χ3n) is 5.80. The van der Waals surface area contributed by atoms with Gasteiger partial charge in [-0.3, -0.25) is 0 Å². The first-order valence-corrected chi connectivity index (χ1v) is 13.3. The largest absolute Gasteiger partial charge is 0.494 e. The first-order valence-electron chi connectivity index (χ1n) is 13.3. The molecular formula is C30H44O5. The molecule has 0 bridgehead atoms. The summed E-state index contributed by atoms with van der Waals surface area (Å²) in [4.78, 5) is 12.0. The minimum Gasteiger partial charge on any atom is -0.494 e. The summed E-state index contributed by atoms with van der Waals surface area (Å²) < 4.78 is 22.6. The maximum Gasteiger partial charge on any atom is 0.335 e. The van der Waals surface area contributed by atoms with Crippen LogP contribution in [0.15, 0.2) is 48.5 Å². The summed E-state index contributed by atoms with van der Waals surface area (Å²) in [6, 6.07) is 16.2. The summed E-state index contributed by atoms with van der Waals surface area (Å²) >= 11 is 0. The Morgan fingerprint density at radius 3 is 1.91 bits per heavy atom. The zero-order valence-corrected chi connectivity index (χ0v) is 22.1. The normalized spacial score (nSPS) is 12.7. The average Bonchev–Trinajstić information content (AvgIpc) is 2.87. The molecule has 0 spiro atoms. The van der Waals surface area contributed by atoms with Crippen LogP contribution in [0.1, 0.15) is 79.1 Å². The van der Waals surface area contributed by atoms with Crippen LogP contribution < -0.4 is 9.47 Å². The number of unbranched alkanes of at least 4 members (excludes halogenated alkanes) is 6. The van der Waals surface area contributed by atoms with Crippen LogP contribution in [0.4, 0.5) is 0 Å². The molecule has 0 aliphatic rings. The van der Waals surface area contributed by atoms with Crippen molar-refractivity contribution < 1.29 is 23.7 Å². The average molecular weight is 485 g/mol. The topological polar surface area (TPSA) is 54.0 Å². The molecule has 0 amide bonds. The van der Waals surface area contributed by atoms with Gasteiger partial charge in [-0.15, -0.1) is 0 Å². The molecule has 0 unspecified atom stereocenters. The van der Waals surface area contributed by atoms with Crippen LogP contribution in [0, 0.1) is 0 Å². The zero-order valence-electron chi connectivity index (χ0n) is 22.1. The summed E-state index contributed by atoms with van der Waals surface area (Å²) in [5, 5.41) is 0. The number of esters is 1. The monoisotopic (exact) mass is 484 g/mol. The van der Waals surface area contributed by atoms with Gasteiger partial charge in [0.05, 0.1) is 6.61 Å². The lowest BCUT2D eigenvalue weighted by Gasteiger charge is -2.17. The van der Waals surface area contributed by atoms with E-state index < -0.39 is 6.10 Å². The maximum atomic E-state index is 12.0. The lowest BCUT2D eigenvalue weighted by atomic mass is 10.1. The van der Waals surface area contributed by atoms with Gasteiger partial charge in [0.2, 0.25) is 0 Å². The highest BCUT2D eigenvalue weighted by Crippen LogP contribution is 2.25. The fourth-order valence-electron chi connectivity index (χ4n) is 3.60. The minimum absolute atomic E-state index is 0.183. The van der Waals surface area contributed by atoms with Crippen molar-refractivity contribution in [1.29, 1.82) is 0 Å². The Labute approximate surface area is 212 Å². The van der Waals surface area contributed by atoms with Crippen molar-refractivity contribution in [3.63, 3.8) is 0 Å². The Balaban J connectivity index is 1.72. The Hall–Kier alpha value is -2.53. The van der Waals surface area contributed by atoms with Crippen LogP contribution in [-0.2, 0) is 14.3 Å². The highest BCUT2D eigenvalue weighted by atomic mass is 16.6. The number of carbonyl (C=O) groups is 1. The SMILES string of the molecule is CCCCCCCCOc1ccc(-c2ccc(O[C@H](C)COC(=O)[C@H](C)OCCCC)cc2)cc1. The van der Waals surface area contributed by atoms with Crippen molar-refractivity contribution in [1.82, 2.24) is 0 Å². The van der Waals surface area contributed by atoms with Crippen molar-refractivity contribution in [3.05, 3.63) is 48.5 Å². The lowest BCUT2D eigenvalue weighted by Crippen LogP contribution is -2.28. The van der Waals surface area contributed by atoms with Gasteiger partial charge in [-0.2, -0.15) is 0 Å².